The molecule has 4 heteroatoms. The van der Waals surface area contributed by atoms with Gasteiger partial charge in [0.25, 0.3) is 0 Å². The van der Waals surface area contributed by atoms with Crippen molar-refractivity contribution in [1.82, 2.24) is 0 Å². The largest absolute Gasteiger partial charge is 0.380 e. The average molecular weight is 411 g/mol. The van der Waals surface area contributed by atoms with Gasteiger partial charge in [-0.1, -0.05) is 12.1 Å². The van der Waals surface area contributed by atoms with E-state index in [0.717, 1.165) is 45.9 Å². The minimum atomic E-state index is -0.0963. The lowest BCUT2D eigenvalue weighted by atomic mass is 10.0. The summed E-state index contributed by atoms with van der Waals surface area (Å²) in [5.41, 5.74) is 8.01. The standard InChI is InChI=1S/C26H38N2O2/c1-7-28(14-16-30-26(3,4)5)23-12-10-21-17-20-9-11-22(18-24(20)25(21)19-23)27(6)13-15-29-8-2/h9-12,18-19H,7-8,13-17H2,1-6H3. The molecule has 1 aliphatic carbocycles. The first-order valence-electron chi connectivity index (χ1n) is 11.3. The number of anilines is 2. The molecule has 2 aromatic carbocycles. The Morgan fingerprint density at radius 1 is 0.867 bits per heavy atom. The summed E-state index contributed by atoms with van der Waals surface area (Å²) in [5.74, 6) is 0. The lowest BCUT2D eigenvalue weighted by molar-refractivity contribution is 0.00142. The summed E-state index contributed by atoms with van der Waals surface area (Å²) in [6.07, 6.45) is 1.02. The molecule has 0 unspecified atom stereocenters. The third kappa shape index (κ3) is 5.55. The Labute approximate surface area is 182 Å². The van der Waals surface area contributed by atoms with E-state index in [4.69, 9.17) is 9.47 Å². The topological polar surface area (TPSA) is 24.9 Å². The molecule has 0 saturated carbocycles. The van der Waals surface area contributed by atoms with Crippen molar-refractivity contribution >= 4 is 11.4 Å². The minimum Gasteiger partial charge on any atom is -0.380 e. The predicted octanol–water partition coefficient (Wildman–Crippen LogP) is 5.37. The van der Waals surface area contributed by atoms with Crippen molar-refractivity contribution < 1.29 is 9.47 Å². The highest BCUT2D eigenvalue weighted by Crippen LogP contribution is 2.40. The molecule has 3 rings (SSSR count). The summed E-state index contributed by atoms with van der Waals surface area (Å²) >= 11 is 0. The number of fused-ring (bicyclic) bond motifs is 3. The van der Waals surface area contributed by atoms with Crippen LogP contribution >= 0.6 is 0 Å². The molecule has 0 atom stereocenters. The van der Waals surface area contributed by atoms with Crippen LogP contribution in [0.3, 0.4) is 0 Å². The van der Waals surface area contributed by atoms with Crippen LogP contribution in [-0.2, 0) is 15.9 Å². The van der Waals surface area contributed by atoms with Gasteiger partial charge in [0.2, 0.25) is 0 Å². The molecule has 30 heavy (non-hydrogen) atoms. The van der Waals surface area contributed by atoms with Gasteiger partial charge in [0, 0.05) is 44.7 Å². The Kier molecular flexibility index (Phi) is 7.43. The highest BCUT2D eigenvalue weighted by molar-refractivity contribution is 5.82. The maximum atomic E-state index is 5.96. The molecule has 0 saturated heterocycles. The second kappa shape index (κ2) is 9.84. The Morgan fingerprint density at radius 3 is 2.10 bits per heavy atom. The van der Waals surface area contributed by atoms with E-state index in [2.05, 4.69) is 80.9 Å². The van der Waals surface area contributed by atoms with E-state index in [1.54, 1.807) is 0 Å². The zero-order valence-electron chi connectivity index (χ0n) is 19.6. The van der Waals surface area contributed by atoms with Crippen LogP contribution in [0.5, 0.6) is 0 Å². The van der Waals surface area contributed by atoms with Crippen molar-refractivity contribution in [1.29, 1.82) is 0 Å². The fourth-order valence-electron chi connectivity index (χ4n) is 3.98. The van der Waals surface area contributed by atoms with E-state index in [-0.39, 0.29) is 5.60 Å². The van der Waals surface area contributed by atoms with Crippen LogP contribution in [-0.4, -0.2) is 52.1 Å². The first-order chi connectivity index (χ1) is 14.3. The molecule has 0 spiro atoms. The monoisotopic (exact) mass is 410 g/mol. The molecule has 0 aromatic heterocycles. The van der Waals surface area contributed by atoms with E-state index in [0.29, 0.717) is 0 Å². The number of hydrogen-bond donors (Lipinski definition) is 0. The van der Waals surface area contributed by atoms with E-state index in [9.17, 15) is 0 Å². The normalized spacial score (nSPS) is 12.6. The van der Waals surface area contributed by atoms with E-state index in [1.807, 2.05) is 6.92 Å². The zero-order chi connectivity index (χ0) is 21.7. The Balaban J connectivity index is 1.78. The molecule has 0 radical (unpaired) electrons. The maximum Gasteiger partial charge on any atom is 0.0648 e. The molecule has 164 valence electrons. The van der Waals surface area contributed by atoms with Crippen molar-refractivity contribution in [2.75, 3.05) is 56.3 Å². The van der Waals surface area contributed by atoms with Gasteiger partial charge in [-0.05, 0) is 87.6 Å². The quantitative estimate of drug-likeness (QED) is 0.419. The van der Waals surface area contributed by atoms with Crippen LogP contribution in [0.25, 0.3) is 11.1 Å². The van der Waals surface area contributed by atoms with E-state index < -0.39 is 0 Å². The second-order valence-electron chi connectivity index (χ2n) is 9.02. The van der Waals surface area contributed by atoms with Gasteiger partial charge in [-0.15, -0.1) is 0 Å². The summed E-state index contributed by atoms with van der Waals surface area (Å²) in [5, 5.41) is 0. The van der Waals surface area contributed by atoms with E-state index >= 15 is 0 Å². The first-order valence-corrected chi connectivity index (χ1v) is 11.3. The maximum absolute atomic E-state index is 5.96. The lowest BCUT2D eigenvalue weighted by Gasteiger charge is -2.27. The molecule has 0 aliphatic heterocycles. The minimum absolute atomic E-state index is 0.0963. The van der Waals surface area contributed by atoms with E-state index in [1.165, 1.54) is 33.6 Å². The van der Waals surface area contributed by atoms with Gasteiger partial charge in [0.1, 0.15) is 0 Å². The number of rotatable bonds is 10. The number of nitrogens with zero attached hydrogens (tertiary/aromatic N) is 2. The molecule has 0 heterocycles. The van der Waals surface area contributed by atoms with Gasteiger partial charge in [0.05, 0.1) is 18.8 Å². The van der Waals surface area contributed by atoms with Crippen molar-refractivity contribution in [3.63, 3.8) is 0 Å². The van der Waals surface area contributed by atoms with Gasteiger partial charge in [-0.3, -0.25) is 0 Å². The summed E-state index contributed by atoms with van der Waals surface area (Å²) in [6.45, 7) is 15.6. The summed E-state index contributed by atoms with van der Waals surface area (Å²) < 4.78 is 11.5. The van der Waals surface area contributed by atoms with Crippen molar-refractivity contribution in [2.45, 2.75) is 46.6 Å². The van der Waals surface area contributed by atoms with Crippen LogP contribution in [0.4, 0.5) is 11.4 Å². The van der Waals surface area contributed by atoms with Crippen LogP contribution in [0, 0.1) is 0 Å². The van der Waals surface area contributed by atoms with Gasteiger partial charge in [-0.25, -0.2) is 0 Å². The highest BCUT2D eigenvalue weighted by Gasteiger charge is 2.21. The fourth-order valence-corrected chi connectivity index (χ4v) is 3.98. The zero-order valence-corrected chi connectivity index (χ0v) is 19.6. The Bertz CT molecular complexity index is 841. The number of benzene rings is 2. The van der Waals surface area contributed by atoms with Crippen LogP contribution < -0.4 is 9.80 Å². The van der Waals surface area contributed by atoms with Crippen LogP contribution in [0.15, 0.2) is 36.4 Å². The molecule has 1 aliphatic rings. The highest BCUT2D eigenvalue weighted by atomic mass is 16.5. The smallest absolute Gasteiger partial charge is 0.0648 e. The third-order valence-electron chi connectivity index (χ3n) is 5.72. The van der Waals surface area contributed by atoms with Crippen molar-refractivity contribution in [2.24, 2.45) is 0 Å². The fraction of sp³-hybridized carbons (Fsp3) is 0.538. The summed E-state index contributed by atoms with van der Waals surface area (Å²) in [4.78, 5) is 4.68. The average Bonchev–Trinajstić information content (AvgIpc) is 3.07. The van der Waals surface area contributed by atoms with Crippen LogP contribution in [0.2, 0.25) is 0 Å². The van der Waals surface area contributed by atoms with Crippen molar-refractivity contribution in [3.8, 4) is 11.1 Å². The molecule has 0 bridgehead atoms. The predicted molar refractivity (Wildman–Crippen MR) is 128 cm³/mol. The summed E-state index contributed by atoms with van der Waals surface area (Å²) in [6, 6.07) is 13.8. The lowest BCUT2D eigenvalue weighted by Crippen LogP contribution is -2.30. The van der Waals surface area contributed by atoms with Crippen molar-refractivity contribution in [3.05, 3.63) is 47.5 Å². The molecule has 0 N–H and O–H groups in total. The molecule has 0 amide bonds. The van der Waals surface area contributed by atoms with Gasteiger partial charge >= 0.3 is 0 Å². The second-order valence-corrected chi connectivity index (χ2v) is 9.02. The van der Waals surface area contributed by atoms with Gasteiger partial charge in [-0.2, -0.15) is 0 Å². The first kappa shape index (κ1) is 22.6. The number of ether oxygens (including phenoxy) is 2. The molecule has 0 fully saturated rings. The number of hydrogen-bond acceptors (Lipinski definition) is 4. The van der Waals surface area contributed by atoms with Gasteiger partial charge in [0.15, 0.2) is 0 Å². The number of likely N-dealkylation sites (N-methyl/N-ethyl adjacent to an activating group) is 2. The van der Waals surface area contributed by atoms with Gasteiger partial charge < -0.3 is 19.3 Å². The Morgan fingerprint density at radius 2 is 1.50 bits per heavy atom. The van der Waals surface area contributed by atoms with Crippen LogP contribution in [0.1, 0.15) is 45.7 Å². The molecular weight excluding hydrogens is 372 g/mol. The molecular formula is C26H38N2O2. The molecule has 2 aromatic rings. The Hall–Kier alpha value is -2.04. The summed E-state index contributed by atoms with van der Waals surface area (Å²) in [7, 11) is 2.14. The molecule has 4 nitrogen and oxygen atoms in total. The third-order valence-corrected chi connectivity index (χ3v) is 5.72. The SMILES string of the molecule is CCOCCN(C)c1ccc2c(c1)-c1cc(N(CC)CCOC(C)(C)C)ccc1C2.